The lowest BCUT2D eigenvalue weighted by atomic mass is 10.0. The predicted molar refractivity (Wildman–Crippen MR) is 96.6 cm³/mol. The molecule has 0 fully saturated rings. The molecule has 9 nitrogen and oxygen atoms in total. The highest BCUT2D eigenvalue weighted by Crippen LogP contribution is 2.17. The Kier molecular flexibility index (Phi) is 5.13. The van der Waals surface area contributed by atoms with Gasteiger partial charge in [0.15, 0.2) is 0 Å². The smallest absolute Gasteiger partial charge is 0.395 e. The van der Waals surface area contributed by atoms with Crippen LogP contribution < -0.4 is 16.6 Å². The van der Waals surface area contributed by atoms with E-state index in [9.17, 15) is 19.7 Å². The van der Waals surface area contributed by atoms with Crippen molar-refractivity contribution in [3.63, 3.8) is 0 Å². The molecule has 138 valence electrons. The van der Waals surface area contributed by atoms with Crippen LogP contribution in [0, 0.1) is 10.1 Å². The molecule has 0 saturated heterocycles. The van der Waals surface area contributed by atoms with Crippen molar-refractivity contribution >= 4 is 28.5 Å². The van der Waals surface area contributed by atoms with Crippen LogP contribution in [0.4, 0.5) is 5.88 Å². The molecule has 9 heteroatoms. The van der Waals surface area contributed by atoms with Gasteiger partial charge in [-0.2, -0.15) is 0 Å². The zero-order valence-electron chi connectivity index (χ0n) is 14.0. The number of amides is 2. The third-order valence-corrected chi connectivity index (χ3v) is 3.90. The Morgan fingerprint density at radius 1 is 1.07 bits per heavy atom. The monoisotopic (exact) mass is 368 g/mol. The standard InChI is InChI=1S/C18H16N4O5/c19-14(10-11-5-6-12-3-1-2-4-13(12)9-11)17(23)20-21-18(24)15-7-8-16(27-15)22(25)26/h1-9,14H,10,19H2,(H,20,23)(H,21,24). The molecule has 0 bridgehead atoms. The number of hydrogen-bond acceptors (Lipinski definition) is 6. The van der Waals surface area contributed by atoms with Crippen LogP contribution in [0.2, 0.25) is 0 Å². The van der Waals surface area contributed by atoms with Gasteiger partial charge in [-0.25, -0.2) is 0 Å². The minimum atomic E-state index is -0.891. The van der Waals surface area contributed by atoms with E-state index in [1.165, 1.54) is 0 Å². The summed E-state index contributed by atoms with van der Waals surface area (Å²) in [7, 11) is 0. The maximum Gasteiger partial charge on any atom is 0.433 e. The molecule has 0 aliphatic rings. The van der Waals surface area contributed by atoms with Crippen LogP contribution in [0.25, 0.3) is 10.8 Å². The first-order chi connectivity index (χ1) is 12.9. The summed E-state index contributed by atoms with van der Waals surface area (Å²) in [6, 6.07) is 14.9. The van der Waals surface area contributed by atoms with Crippen molar-refractivity contribution in [1.29, 1.82) is 0 Å². The number of nitrogens with two attached hydrogens (primary N) is 1. The maximum absolute atomic E-state index is 12.1. The number of nitrogens with one attached hydrogen (secondary N) is 2. The molecule has 1 unspecified atom stereocenters. The summed E-state index contributed by atoms with van der Waals surface area (Å²) in [4.78, 5) is 33.7. The molecule has 0 saturated carbocycles. The highest BCUT2D eigenvalue weighted by molar-refractivity contribution is 5.93. The number of nitro groups is 1. The molecule has 4 N–H and O–H groups in total. The molecule has 2 amide bonds. The van der Waals surface area contributed by atoms with Gasteiger partial charge in [0.2, 0.25) is 5.76 Å². The van der Waals surface area contributed by atoms with Crippen molar-refractivity contribution in [3.8, 4) is 0 Å². The van der Waals surface area contributed by atoms with Gasteiger partial charge in [0.1, 0.15) is 4.92 Å². The number of carbonyl (C=O) groups is 2. The SMILES string of the molecule is NC(Cc1ccc2ccccc2c1)C(=O)NNC(=O)c1ccc([N+](=O)[O-])o1. The molecule has 2 aromatic carbocycles. The van der Waals surface area contributed by atoms with Gasteiger partial charge in [-0.15, -0.1) is 0 Å². The minimum Gasteiger partial charge on any atom is -0.395 e. The molecular formula is C18H16N4O5. The van der Waals surface area contributed by atoms with Crippen molar-refractivity contribution in [1.82, 2.24) is 10.9 Å². The predicted octanol–water partition coefficient (Wildman–Crippen LogP) is 1.67. The Morgan fingerprint density at radius 3 is 2.52 bits per heavy atom. The second kappa shape index (κ2) is 7.67. The number of hydrogen-bond donors (Lipinski definition) is 3. The fourth-order valence-corrected chi connectivity index (χ4v) is 2.53. The highest BCUT2D eigenvalue weighted by atomic mass is 16.6. The number of rotatable bonds is 5. The molecule has 27 heavy (non-hydrogen) atoms. The first-order valence-corrected chi connectivity index (χ1v) is 8.02. The van der Waals surface area contributed by atoms with Gasteiger partial charge >= 0.3 is 11.8 Å². The first-order valence-electron chi connectivity index (χ1n) is 8.02. The quantitative estimate of drug-likeness (QED) is 0.462. The molecule has 0 aliphatic heterocycles. The Hall–Kier alpha value is -3.72. The lowest BCUT2D eigenvalue weighted by Crippen LogP contribution is -2.50. The van der Waals surface area contributed by atoms with Crippen LogP contribution in [0.3, 0.4) is 0 Å². The van der Waals surface area contributed by atoms with E-state index >= 15 is 0 Å². The summed E-state index contributed by atoms with van der Waals surface area (Å²) in [6.45, 7) is 0. The number of fused-ring (bicyclic) bond motifs is 1. The number of carbonyl (C=O) groups excluding carboxylic acids is 2. The molecule has 3 aromatic rings. The van der Waals surface area contributed by atoms with E-state index in [0.717, 1.165) is 28.5 Å². The van der Waals surface area contributed by atoms with Crippen molar-refractivity contribution < 1.29 is 18.9 Å². The van der Waals surface area contributed by atoms with E-state index in [2.05, 4.69) is 10.9 Å². The van der Waals surface area contributed by atoms with Crippen molar-refractivity contribution in [2.45, 2.75) is 12.5 Å². The topological polar surface area (TPSA) is 140 Å². The number of nitrogens with zero attached hydrogens (tertiary/aromatic N) is 1. The van der Waals surface area contributed by atoms with E-state index in [0.29, 0.717) is 0 Å². The van der Waals surface area contributed by atoms with Crippen molar-refractivity contribution in [2.24, 2.45) is 5.73 Å². The van der Waals surface area contributed by atoms with Gasteiger partial charge in [0.25, 0.3) is 5.91 Å². The zero-order valence-corrected chi connectivity index (χ0v) is 14.0. The first kappa shape index (κ1) is 18.1. The fourth-order valence-electron chi connectivity index (χ4n) is 2.53. The van der Waals surface area contributed by atoms with Crippen LogP contribution in [0.5, 0.6) is 0 Å². The molecule has 0 radical (unpaired) electrons. The van der Waals surface area contributed by atoms with Crippen LogP contribution in [-0.4, -0.2) is 22.8 Å². The Balaban J connectivity index is 1.56. The normalized spacial score (nSPS) is 11.7. The molecule has 0 aliphatic carbocycles. The Morgan fingerprint density at radius 2 is 1.81 bits per heavy atom. The summed E-state index contributed by atoms with van der Waals surface area (Å²) in [5.41, 5.74) is 11.1. The second-order valence-electron chi connectivity index (χ2n) is 5.83. The molecule has 0 spiro atoms. The van der Waals surface area contributed by atoms with Crippen LogP contribution in [-0.2, 0) is 11.2 Å². The Labute approximate surface area is 153 Å². The third-order valence-electron chi connectivity index (χ3n) is 3.90. The molecule has 3 rings (SSSR count). The van der Waals surface area contributed by atoms with E-state index in [1.54, 1.807) is 0 Å². The highest BCUT2D eigenvalue weighted by Gasteiger charge is 2.19. The zero-order chi connectivity index (χ0) is 19.4. The van der Waals surface area contributed by atoms with Gasteiger partial charge in [-0.3, -0.25) is 30.6 Å². The van der Waals surface area contributed by atoms with Crippen LogP contribution in [0.1, 0.15) is 16.1 Å². The largest absolute Gasteiger partial charge is 0.433 e. The summed E-state index contributed by atoms with van der Waals surface area (Å²) in [5.74, 6) is -2.29. The van der Waals surface area contributed by atoms with Crippen LogP contribution in [0.15, 0.2) is 59.0 Å². The average molecular weight is 368 g/mol. The number of furan rings is 1. The summed E-state index contributed by atoms with van der Waals surface area (Å²) >= 11 is 0. The lowest BCUT2D eigenvalue weighted by Gasteiger charge is -2.13. The average Bonchev–Trinajstić information content (AvgIpc) is 3.16. The van der Waals surface area contributed by atoms with E-state index in [-0.39, 0.29) is 12.2 Å². The summed E-state index contributed by atoms with van der Waals surface area (Å²) < 4.78 is 4.74. The number of benzene rings is 2. The Bertz CT molecular complexity index is 1010. The van der Waals surface area contributed by atoms with Gasteiger partial charge < -0.3 is 10.2 Å². The second-order valence-corrected chi connectivity index (χ2v) is 5.83. The molecule has 1 atom stereocenters. The fraction of sp³-hybridized carbons (Fsp3) is 0.111. The third kappa shape index (κ3) is 4.28. The summed E-state index contributed by atoms with van der Waals surface area (Å²) in [6.07, 6.45) is 0.277. The van der Waals surface area contributed by atoms with Gasteiger partial charge in [-0.1, -0.05) is 42.5 Å². The molecular weight excluding hydrogens is 352 g/mol. The van der Waals surface area contributed by atoms with Crippen LogP contribution >= 0.6 is 0 Å². The van der Waals surface area contributed by atoms with E-state index < -0.39 is 28.7 Å². The lowest BCUT2D eigenvalue weighted by molar-refractivity contribution is -0.402. The number of hydrazine groups is 1. The van der Waals surface area contributed by atoms with Crippen molar-refractivity contribution in [3.05, 3.63) is 76.0 Å². The van der Waals surface area contributed by atoms with E-state index in [4.69, 9.17) is 10.2 Å². The van der Waals surface area contributed by atoms with Gasteiger partial charge in [-0.05, 0) is 28.8 Å². The van der Waals surface area contributed by atoms with Gasteiger partial charge in [0.05, 0.1) is 12.1 Å². The van der Waals surface area contributed by atoms with Crippen molar-refractivity contribution in [2.75, 3.05) is 0 Å². The van der Waals surface area contributed by atoms with E-state index in [1.807, 2.05) is 42.5 Å². The molecule has 1 aromatic heterocycles. The summed E-state index contributed by atoms with van der Waals surface area (Å²) in [5, 5.41) is 12.7. The molecule has 1 heterocycles. The minimum absolute atomic E-state index is 0.277. The maximum atomic E-state index is 12.1. The van der Waals surface area contributed by atoms with Gasteiger partial charge in [0, 0.05) is 0 Å².